The highest BCUT2D eigenvalue weighted by Crippen LogP contribution is 2.34. The van der Waals surface area contributed by atoms with Crippen molar-refractivity contribution in [1.29, 1.82) is 0 Å². The molecule has 0 aliphatic rings. The van der Waals surface area contributed by atoms with Crippen molar-refractivity contribution in [2.24, 2.45) is 5.10 Å². The molecule has 9 heteroatoms. The number of phenols is 1. The van der Waals surface area contributed by atoms with Crippen LogP contribution in [0.5, 0.6) is 11.5 Å². The van der Waals surface area contributed by atoms with Gasteiger partial charge in [0.15, 0.2) is 11.5 Å². The Balaban J connectivity index is 1.97. The third-order valence-corrected chi connectivity index (χ3v) is 3.64. The van der Waals surface area contributed by atoms with Crippen LogP contribution in [0.4, 0.5) is 10.1 Å². The fraction of sp³-hybridized carbons (Fsp3) is 0.118. The number of phenolic OH excluding ortho intramolecular Hbond substituents is 1. The smallest absolute Gasteiger partial charge is 0.329 e. The second-order valence-electron chi connectivity index (χ2n) is 4.94. The minimum absolute atomic E-state index is 0.0493. The van der Waals surface area contributed by atoms with Gasteiger partial charge in [-0.3, -0.25) is 9.59 Å². The van der Waals surface area contributed by atoms with E-state index in [1.54, 1.807) is 13.0 Å². The maximum absolute atomic E-state index is 12.8. The summed E-state index contributed by atoms with van der Waals surface area (Å²) in [6.45, 7) is 2.13. The van der Waals surface area contributed by atoms with Crippen LogP contribution >= 0.6 is 15.9 Å². The zero-order valence-electron chi connectivity index (χ0n) is 13.6. The molecule has 2 aromatic rings. The molecule has 0 spiro atoms. The van der Waals surface area contributed by atoms with Crippen LogP contribution < -0.4 is 15.5 Å². The Bertz CT molecular complexity index is 841. The van der Waals surface area contributed by atoms with Crippen LogP contribution in [0, 0.1) is 5.82 Å². The number of ether oxygens (including phenoxy) is 1. The van der Waals surface area contributed by atoms with E-state index in [1.807, 2.05) is 0 Å². The number of halogens is 2. The van der Waals surface area contributed by atoms with Gasteiger partial charge in [-0.1, -0.05) is 0 Å². The number of nitrogens with one attached hydrogen (secondary N) is 2. The number of nitrogens with zero attached hydrogens (tertiary/aromatic N) is 1. The lowest BCUT2D eigenvalue weighted by Crippen LogP contribution is -2.32. The van der Waals surface area contributed by atoms with Crippen LogP contribution in [-0.2, 0) is 9.59 Å². The van der Waals surface area contributed by atoms with Gasteiger partial charge in [-0.25, -0.2) is 9.82 Å². The predicted molar refractivity (Wildman–Crippen MR) is 97.7 cm³/mol. The van der Waals surface area contributed by atoms with E-state index in [4.69, 9.17) is 4.74 Å². The van der Waals surface area contributed by atoms with E-state index in [2.05, 4.69) is 31.8 Å². The standard InChI is InChI=1S/C17H15BrFN3O4/c1-2-26-14-8-10(7-13(18)15(14)23)9-20-22-17(25)16(24)21-12-5-3-11(19)4-6-12/h3-9,23H,2H2,1H3,(H,21,24)(H,22,25)/b20-9-. The van der Waals surface area contributed by atoms with Crippen LogP contribution in [-0.4, -0.2) is 29.7 Å². The molecule has 2 rings (SSSR count). The number of aromatic hydroxyl groups is 1. The maximum atomic E-state index is 12.8. The molecule has 0 radical (unpaired) electrons. The Labute approximate surface area is 157 Å². The van der Waals surface area contributed by atoms with E-state index in [9.17, 15) is 19.1 Å². The summed E-state index contributed by atoms with van der Waals surface area (Å²) in [6.07, 6.45) is 1.29. The first-order chi connectivity index (χ1) is 12.4. The Hall–Kier alpha value is -2.94. The molecule has 2 aromatic carbocycles. The lowest BCUT2D eigenvalue weighted by molar-refractivity contribution is -0.136. The van der Waals surface area contributed by atoms with Crippen molar-refractivity contribution in [3.63, 3.8) is 0 Å². The molecule has 0 unspecified atom stereocenters. The molecule has 0 aliphatic heterocycles. The predicted octanol–water partition coefficient (Wildman–Crippen LogP) is 2.78. The van der Waals surface area contributed by atoms with Crippen molar-refractivity contribution in [3.05, 3.63) is 52.3 Å². The number of hydrogen-bond acceptors (Lipinski definition) is 5. The quantitative estimate of drug-likeness (QED) is 0.391. The van der Waals surface area contributed by atoms with Gasteiger partial charge in [0.25, 0.3) is 0 Å². The molecule has 0 fully saturated rings. The Morgan fingerprint density at radius 2 is 1.96 bits per heavy atom. The van der Waals surface area contributed by atoms with Gasteiger partial charge in [0.05, 0.1) is 17.3 Å². The SMILES string of the molecule is CCOc1cc(/C=N\NC(=O)C(=O)Nc2ccc(F)cc2)cc(Br)c1O. The Kier molecular flexibility index (Phi) is 6.67. The lowest BCUT2D eigenvalue weighted by Gasteiger charge is -2.08. The summed E-state index contributed by atoms with van der Waals surface area (Å²) < 4.78 is 18.5. The van der Waals surface area contributed by atoms with Crippen LogP contribution in [0.15, 0.2) is 46.0 Å². The van der Waals surface area contributed by atoms with Gasteiger partial charge in [0, 0.05) is 5.69 Å². The Morgan fingerprint density at radius 3 is 2.62 bits per heavy atom. The highest BCUT2D eigenvalue weighted by Gasteiger charge is 2.13. The molecular formula is C17H15BrFN3O4. The third-order valence-electron chi connectivity index (χ3n) is 3.04. The number of carbonyl (C=O) groups is 2. The molecule has 0 bridgehead atoms. The van der Waals surface area contributed by atoms with Gasteiger partial charge in [-0.15, -0.1) is 0 Å². The van der Waals surface area contributed by atoms with Crippen LogP contribution in [0.3, 0.4) is 0 Å². The zero-order valence-corrected chi connectivity index (χ0v) is 15.2. The van der Waals surface area contributed by atoms with Gasteiger partial charge < -0.3 is 15.2 Å². The summed E-state index contributed by atoms with van der Waals surface area (Å²) in [7, 11) is 0. The van der Waals surface area contributed by atoms with E-state index in [-0.39, 0.29) is 17.2 Å². The zero-order chi connectivity index (χ0) is 19.1. The molecule has 7 nitrogen and oxygen atoms in total. The average molecular weight is 424 g/mol. The molecular weight excluding hydrogens is 409 g/mol. The fourth-order valence-corrected chi connectivity index (χ4v) is 2.33. The number of amides is 2. The van der Waals surface area contributed by atoms with Gasteiger partial charge in [-0.05, 0) is 64.8 Å². The summed E-state index contributed by atoms with van der Waals surface area (Å²) >= 11 is 3.18. The largest absolute Gasteiger partial charge is 0.503 e. The van der Waals surface area contributed by atoms with Gasteiger partial charge in [0.1, 0.15) is 5.82 Å². The Morgan fingerprint density at radius 1 is 1.27 bits per heavy atom. The summed E-state index contributed by atoms with van der Waals surface area (Å²) in [5.41, 5.74) is 2.88. The van der Waals surface area contributed by atoms with Crippen LogP contribution in [0.25, 0.3) is 0 Å². The van der Waals surface area contributed by atoms with E-state index < -0.39 is 17.6 Å². The molecule has 0 atom stereocenters. The van der Waals surface area contributed by atoms with Crippen molar-refractivity contribution >= 4 is 39.6 Å². The van der Waals surface area contributed by atoms with E-state index in [0.717, 1.165) is 12.1 Å². The second-order valence-corrected chi connectivity index (χ2v) is 5.80. The number of hydrogen-bond donors (Lipinski definition) is 3. The minimum Gasteiger partial charge on any atom is -0.503 e. The number of anilines is 1. The summed E-state index contributed by atoms with van der Waals surface area (Å²) in [6, 6.07) is 8.05. The highest BCUT2D eigenvalue weighted by molar-refractivity contribution is 9.10. The molecule has 136 valence electrons. The minimum atomic E-state index is -0.992. The van der Waals surface area contributed by atoms with Crippen molar-refractivity contribution in [2.45, 2.75) is 6.92 Å². The number of benzene rings is 2. The van der Waals surface area contributed by atoms with Crippen molar-refractivity contribution < 1.29 is 23.8 Å². The number of hydrazone groups is 1. The summed E-state index contributed by atoms with van der Waals surface area (Å²) in [4.78, 5) is 23.4. The van der Waals surface area contributed by atoms with Crippen molar-refractivity contribution in [2.75, 3.05) is 11.9 Å². The van der Waals surface area contributed by atoms with Gasteiger partial charge >= 0.3 is 11.8 Å². The molecule has 0 aliphatic carbocycles. The third kappa shape index (κ3) is 5.28. The topological polar surface area (TPSA) is 100 Å². The van der Waals surface area contributed by atoms with E-state index in [0.29, 0.717) is 16.6 Å². The fourth-order valence-electron chi connectivity index (χ4n) is 1.87. The first kappa shape index (κ1) is 19.4. The van der Waals surface area contributed by atoms with Crippen molar-refractivity contribution in [1.82, 2.24) is 5.43 Å². The first-order valence-corrected chi connectivity index (χ1v) is 8.25. The summed E-state index contributed by atoms with van der Waals surface area (Å²) in [5.74, 6) is -2.19. The molecule has 3 N–H and O–H groups in total. The normalized spacial score (nSPS) is 10.6. The van der Waals surface area contributed by atoms with E-state index >= 15 is 0 Å². The summed E-state index contributed by atoms with van der Waals surface area (Å²) in [5, 5.41) is 15.8. The molecule has 0 heterocycles. The monoisotopic (exact) mass is 423 g/mol. The molecule has 2 amide bonds. The van der Waals surface area contributed by atoms with E-state index in [1.165, 1.54) is 24.4 Å². The highest BCUT2D eigenvalue weighted by atomic mass is 79.9. The molecule has 0 saturated heterocycles. The lowest BCUT2D eigenvalue weighted by atomic mass is 10.2. The van der Waals surface area contributed by atoms with Gasteiger partial charge in [-0.2, -0.15) is 5.10 Å². The molecule has 26 heavy (non-hydrogen) atoms. The van der Waals surface area contributed by atoms with Crippen LogP contribution in [0.2, 0.25) is 0 Å². The number of carbonyl (C=O) groups excluding carboxylic acids is 2. The number of rotatable bonds is 5. The maximum Gasteiger partial charge on any atom is 0.329 e. The van der Waals surface area contributed by atoms with Crippen LogP contribution in [0.1, 0.15) is 12.5 Å². The second kappa shape index (κ2) is 8.95. The average Bonchev–Trinajstić information content (AvgIpc) is 2.61. The first-order valence-electron chi connectivity index (χ1n) is 7.46. The molecule has 0 saturated carbocycles. The van der Waals surface area contributed by atoms with Crippen molar-refractivity contribution in [3.8, 4) is 11.5 Å². The van der Waals surface area contributed by atoms with Gasteiger partial charge in [0.2, 0.25) is 0 Å². The molecule has 0 aromatic heterocycles.